The van der Waals surface area contributed by atoms with E-state index in [2.05, 4.69) is 10.1 Å². The van der Waals surface area contributed by atoms with Gasteiger partial charge in [0.1, 0.15) is 12.3 Å². The van der Waals surface area contributed by atoms with Crippen molar-refractivity contribution in [1.82, 2.24) is 4.90 Å². The molecule has 0 aliphatic carbocycles. The smallest absolute Gasteiger partial charge is 0.307 e. The summed E-state index contributed by atoms with van der Waals surface area (Å²) < 4.78 is 0. The van der Waals surface area contributed by atoms with Gasteiger partial charge in [-0.3, -0.25) is 4.79 Å². The summed E-state index contributed by atoms with van der Waals surface area (Å²) in [5.74, 6) is -0.920. The van der Waals surface area contributed by atoms with E-state index in [0.717, 1.165) is 49.2 Å². The van der Waals surface area contributed by atoms with E-state index in [-0.39, 0.29) is 5.92 Å². The number of carboxylic acids is 1. The molecule has 27 heavy (non-hydrogen) atoms. The number of hydrogen-bond acceptors (Lipinski definition) is 4. The number of piperidine rings is 1. The first-order valence-corrected chi connectivity index (χ1v) is 9.50. The van der Waals surface area contributed by atoms with Crippen molar-refractivity contribution in [3.63, 3.8) is 0 Å². The minimum atomic E-state index is -0.684. The number of carboxylic acid groups (broad SMARTS) is 1. The average Bonchev–Trinajstić information content (AvgIpc) is 2.72. The number of likely N-dealkylation sites (tertiary alicyclic amines) is 1. The second-order valence-electron chi connectivity index (χ2n) is 6.84. The van der Waals surface area contributed by atoms with Gasteiger partial charge in [-0.05, 0) is 25.8 Å². The molecule has 1 atom stereocenters. The predicted molar refractivity (Wildman–Crippen MR) is 106 cm³/mol. The number of nitrogens with zero attached hydrogens (tertiary/aromatic N) is 2. The van der Waals surface area contributed by atoms with E-state index in [0.29, 0.717) is 13.2 Å². The Balaban J connectivity index is 1.54. The van der Waals surface area contributed by atoms with Crippen LogP contribution in [-0.4, -0.2) is 47.9 Å². The summed E-state index contributed by atoms with van der Waals surface area (Å²) in [5.41, 5.74) is 2.85. The Hall–Kier alpha value is -2.66. The largest absolute Gasteiger partial charge is 0.481 e. The van der Waals surface area contributed by atoms with Crippen LogP contribution in [0.1, 0.15) is 30.4 Å². The standard InChI is InChI=1S/C22H26N2O3/c25-22(26)20-13-7-14-24(17-20)15-8-16-27-23-21(18-9-3-1-4-10-18)19-11-5-2-6-12-19/h1-6,9-12,20H,7-8,13-17H2,(H,25,26)/t20-/m1/s1. The van der Waals surface area contributed by atoms with E-state index in [1.54, 1.807) is 0 Å². The van der Waals surface area contributed by atoms with E-state index >= 15 is 0 Å². The monoisotopic (exact) mass is 366 g/mol. The SMILES string of the molecule is O=C(O)[C@@H]1CCCN(CCCON=C(c2ccccc2)c2ccccc2)C1. The molecule has 1 heterocycles. The molecule has 5 heteroatoms. The maximum absolute atomic E-state index is 11.2. The lowest BCUT2D eigenvalue weighted by atomic mass is 9.98. The van der Waals surface area contributed by atoms with Crippen molar-refractivity contribution in [2.75, 3.05) is 26.2 Å². The highest BCUT2D eigenvalue weighted by molar-refractivity contribution is 6.12. The molecule has 0 saturated carbocycles. The summed E-state index contributed by atoms with van der Waals surface area (Å²) in [6.07, 6.45) is 2.55. The molecular weight excluding hydrogens is 340 g/mol. The molecule has 2 aromatic rings. The minimum Gasteiger partial charge on any atom is -0.481 e. The van der Waals surface area contributed by atoms with Crippen molar-refractivity contribution in [3.05, 3.63) is 71.8 Å². The molecule has 2 aromatic carbocycles. The van der Waals surface area contributed by atoms with Crippen LogP contribution in [0, 0.1) is 5.92 Å². The zero-order valence-corrected chi connectivity index (χ0v) is 15.5. The number of aliphatic carboxylic acids is 1. The number of hydrogen-bond donors (Lipinski definition) is 1. The fourth-order valence-electron chi connectivity index (χ4n) is 3.39. The molecule has 0 unspecified atom stereocenters. The molecule has 1 N–H and O–H groups in total. The first-order valence-electron chi connectivity index (χ1n) is 9.50. The van der Waals surface area contributed by atoms with E-state index in [9.17, 15) is 9.90 Å². The van der Waals surface area contributed by atoms with Crippen LogP contribution in [-0.2, 0) is 9.63 Å². The Bertz CT molecular complexity index is 705. The zero-order chi connectivity index (χ0) is 18.9. The van der Waals surface area contributed by atoms with Crippen LogP contribution in [0.5, 0.6) is 0 Å². The van der Waals surface area contributed by atoms with Crippen LogP contribution in [0.4, 0.5) is 0 Å². The number of oxime groups is 1. The minimum absolute atomic E-state index is 0.236. The van der Waals surface area contributed by atoms with Crippen molar-refractivity contribution < 1.29 is 14.7 Å². The van der Waals surface area contributed by atoms with E-state index in [4.69, 9.17) is 4.84 Å². The Labute approximate surface area is 160 Å². The molecule has 1 saturated heterocycles. The second kappa shape index (κ2) is 9.88. The van der Waals surface area contributed by atoms with Crippen LogP contribution in [0.3, 0.4) is 0 Å². The molecule has 0 radical (unpaired) electrons. The predicted octanol–water partition coefficient (Wildman–Crippen LogP) is 3.64. The molecule has 1 aliphatic heterocycles. The van der Waals surface area contributed by atoms with Crippen LogP contribution in [0.15, 0.2) is 65.8 Å². The van der Waals surface area contributed by atoms with E-state index < -0.39 is 5.97 Å². The lowest BCUT2D eigenvalue weighted by Gasteiger charge is -2.30. The van der Waals surface area contributed by atoms with E-state index in [1.165, 1.54) is 0 Å². The zero-order valence-electron chi connectivity index (χ0n) is 15.5. The molecule has 0 spiro atoms. The van der Waals surface area contributed by atoms with Gasteiger partial charge in [0, 0.05) is 24.2 Å². The average molecular weight is 366 g/mol. The molecular formula is C22H26N2O3. The maximum atomic E-state index is 11.2. The van der Waals surface area contributed by atoms with Crippen molar-refractivity contribution in [2.24, 2.45) is 11.1 Å². The van der Waals surface area contributed by atoms with Crippen molar-refractivity contribution >= 4 is 11.7 Å². The normalized spacial score (nSPS) is 17.3. The third-order valence-corrected chi connectivity index (χ3v) is 4.82. The highest BCUT2D eigenvalue weighted by atomic mass is 16.6. The van der Waals surface area contributed by atoms with E-state index in [1.807, 2.05) is 60.7 Å². The van der Waals surface area contributed by atoms with Crippen LogP contribution >= 0.6 is 0 Å². The van der Waals surface area contributed by atoms with Crippen LogP contribution in [0.25, 0.3) is 0 Å². The highest BCUT2D eigenvalue weighted by Gasteiger charge is 2.24. The molecule has 0 amide bonds. The number of carbonyl (C=O) groups is 1. The van der Waals surface area contributed by atoms with Gasteiger partial charge in [-0.25, -0.2) is 0 Å². The van der Waals surface area contributed by atoms with Gasteiger partial charge in [-0.1, -0.05) is 65.8 Å². The van der Waals surface area contributed by atoms with Gasteiger partial charge in [0.25, 0.3) is 0 Å². The molecule has 142 valence electrons. The highest BCUT2D eigenvalue weighted by Crippen LogP contribution is 2.17. The second-order valence-corrected chi connectivity index (χ2v) is 6.84. The third kappa shape index (κ3) is 5.66. The lowest BCUT2D eigenvalue weighted by molar-refractivity contribution is -0.143. The van der Waals surface area contributed by atoms with Gasteiger partial charge in [0.05, 0.1) is 5.92 Å². The fraction of sp³-hybridized carbons (Fsp3) is 0.364. The van der Waals surface area contributed by atoms with Gasteiger partial charge in [0.15, 0.2) is 0 Å². The molecule has 1 fully saturated rings. The van der Waals surface area contributed by atoms with Gasteiger partial charge in [0.2, 0.25) is 0 Å². The van der Waals surface area contributed by atoms with Crippen LogP contribution < -0.4 is 0 Å². The third-order valence-electron chi connectivity index (χ3n) is 4.82. The molecule has 0 bridgehead atoms. The van der Waals surface area contributed by atoms with Crippen molar-refractivity contribution in [2.45, 2.75) is 19.3 Å². The number of rotatable bonds is 8. The molecule has 3 rings (SSSR count). The van der Waals surface area contributed by atoms with Gasteiger partial charge >= 0.3 is 5.97 Å². The Morgan fingerprint density at radius 3 is 2.30 bits per heavy atom. The summed E-state index contributed by atoms with van der Waals surface area (Å²) in [4.78, 5) is 19.0. The summed E-state index contributed by atoms with van der Waals surface area (Å²) in [6, 6.07) is 20.0. The summed E-state index contributed by atoms with van der Waals surface area (Å²) in [5, 5.41) is 13.6. The molecule has 5 nitrogen and oxygen atoms in total. The van der Waals surface area contributed by atoms with Gasteiger partial charge in [-0.2, -0.15) is 0 Å². The Kier molecular flexibility index (Phi) is 6.99. The lowest BCUT2D eigenvalue weighted by Crippen LogP contribution is -2.39. The maximum Gasteiger partial charge on any atom is 0.307 e. The molecule has 1 aliphatic rings. The fourth-order valence-corrected chi connectivity index (χ4v) is 3.39. The first-order chi connectivity index (χ1) is 13.2. The van der Waals surface area contributed by atoms with Crippen molar-refractivity contribution in [1.29, 1.82) is 0 Å². The topological polar surface area (TPSA) is 62.1 Å². The summed E-state index contributed by atoms with van der Waals surface area (Å²) >= 11 is 0. The number of benzene rings is 2. The summed E-state index contributed by atoms with van der Waals surface area (Å²) in [7, 11) is 0. The molecule has 0 aromatic heterocycles. The summed E-state index contributed by atoms with van der Waals surface area (Å²) in [6.45, 7) is 2.95. The van der Waals surface area contributed by atoms with Crippen molar-refractivity contribution in [3.8, 4) is 0 Å². The van der Waals surface area contributed by atoms with Crippen LogP contribution in [0.2, 0.25) is 0 Å². The Morgan fingerprint density at radius 2 is 1.70 bits per heavy atom. The van der Waals surface area contributed by atoms with Gasteiger partial charge in [-0.15, -0.1) is 0 Å². The Morgan fingerprint density at radius 1 is 1.07 bits per heavy atom. The van der Waals surface area contributed by atoms with Gasteiger partial charge < -0.3 is 14.8 Å². The quantitative estimate of drug-likeness (QED) is 0.440. The first kappa shape index (κ1) is 19.1.